The highest BCUT2D eigenvalue weighted by Crippen LogP contribution is 2.30. The number of carbonyl (C=O) groups is 1. The van der Waals surface area contributed by atoms with Crippen molar-refractivity contribution in [2.75, 3.05) is 12.8 Å². The highest BCUT2D eigenvalue weighted by Gasteiger charge is 2.21. The van der Waals surface area contributed by atoms with Crippen molar-refractivity contribution in [2.45, 2.75) is 20.1 Å². The maximum absolute atomic E-state index is 12.6. The van der Waals surface area contributed by atoms with Crippen molar-refractivity contribution in [1.29, 1.82) is 0 Å². The smallest absolute Gasteiger partial charge is 0.271 e. The van der Waals surface area contributed by atoms with E-state index in [1.807, 2.05) is 12.1 Å². The summed E-state index contributed by atoms with van der Waals surface area (Å²) in [5.41, 5.74) is 7.43. The van der Waals surface area contributed by atoms with Crippen molar-refractivity contribution in [3.05, 3.63) is 58.2 Å². The van der Waals surface area contributed by atoms with Gasteiger partial charge in [-0.15, -0.1) is 0 Å². The number of halogens is 1. The van der Waals surface area contributed by atoms with Crippen LogP contribution in [0, 0.1) is 6.92 Å². The Labute approximate surface area is 160 Å². The van der Waals surface area contributed by atoms with Crippen molar-refractivity contribution in [1.82, 2.24) is 20.3 Å². The van der Waals surface area contributed by atoms with Crippen LogP contribution in [0.15, 0.2) is 34.7 Å². The molecule has 0 aliphatic rings. The first-order chi connectivity index (χ1) is 13.0. The van der Waals surface area contributed by atoms with Crippen molar-refractivity contribution in [3.63, 3.8) is 0 Å². The molecule has 140 valence electrons. The minimum absolute atomic E-state index is 0.0266. The second kappa shape index (κ2) is 8.15. The van der Waals surface area contributed by atoms with E-state index in [4.69, 9.17) is 26.5 Å². The molecule has 0 saturated heterocycles. The number of nitrogens with two attached hydrogens (primary N) is 1. The number of hydrogen-bond donors (Lipinski definition) is 2. The van der Waals surface area contributed by atoms with Crippen LogP contribution < -0.4 is 11.1 Å². The van der Waals surface area contributed by atoms with Crippen LogP contribution in [-0.2, 0) is 17.9 Å². The lowest BCUT2D eigenvalue weighted by atomic mass is 10.2. The molecule has 0 unspecified atom stereocenters. The van der Waals surface area contributed by atoms with Gasteiger partial charge >= 0.3 is 0 Å². The van der Waals surface area contributed by atoms with Crippen LogP contribution in [0.1, 0.15) is 27.6 Å². The number of hydrogen-bond acceptors (Lipinski definition) is 7. The number of furan rings is 1. The first-order valence-corrected chi connectivity index (χ1v) is 8.47. The van der Waals surface area contributed by atoms with Gasteiger partial charge in [0, 0.05) is 7.11 Å². The van der Waals surface area contributed by atoms with Crippen molar-refractivity contribution >= 4 is 23.5 Å². The molecule has 0 bridgehead atoms. The second-order valence-corrected chi connectivity index (χ2v) is 6.12. The fraction of sp³-hybridized carbons (Fsp3) is 0.222. The van der Waals surface area contributed by atoms with E-state index < -0.39 is 5.91 Å². The third-order valence-corrected chi connectivity index (χ3v) is 4.00. The molecule has 9 heteroatoms. The Morgan fingerprint density at radius 3 is 2.70 bits per heavy atom. The van der Waals surface area contributed by atoms with Gasteiger partial charge in [-0.1, -0.05) is 17.7 Å². The fourth-order valence-electron chi connectivity index (χ4n) is 2.45. The third kappa shape index (κ3) is 4.42. The van der Waals surface area contributed by atoms with E-state index in [0.717, 1.165) is 5.69 Å². The summed E-state index contributed by atoms with van der Waals surface area (Å²) in [7, 11) is 1.59. The average Bonchev–Trinajstić information content (AvgIpc) is 3.08. The SMILES string of the molecule is COCc1cccc(CNC(=O)c2nc(N)nc(-c3ccc(C)o3)c2Cl)n1. The van der Waals surface area contributed by atoms with Crippen LogP contribution >= 0.6 is 11.6 Å². The van der Waals surface area contributed by atoms with E-state index in [1.54, 1.807) is 32.2 Å². The van der Waals surface area contributed by atoms with Gasteiger partial charge in [0.25, 0.3) is 5.91 Å². The average molecular weight is 388 g/mol. The maximum atomic E-state index is 12.6. The molecule has 0 atom stereocenters. The molecule has 3 aromatic rings. The monoisotopic (exact) mass is 387 g/mol. The van der Waals surface area contributed by atoms with Gasteiger partial charge in [0.05, 0.1) is 24.5 Å². The van der Waals surface area contributed by atoms with Gasteiger partial charge in [-0.2, -0.15) is 0 Å². The van der Waals surface area contributed by atoms with Crippen molar-refractivity contribution in [2.24, 2.45) is 0 Å². The van der Waals surface area contributed by atoms with Gasteiger partial charge in [0.2, 0.25) is 5.95 Å². The standard InChI is InChI=1S/C18H18ClN5O3/c1-10-6-7-13(27-10)15-14(19)16(24-18(20)23-15)17(25)21-8-11-4-3-5-12(22-11)9-26-2/h3-7H,8-9H2,1-2H3,(H,21,25)(H2,20,23,24). The Balaban J connectivity index is 1.80. The number of carbonyl (C=O) groups excluding carboxylic acids is 1. The largest absolute Gasteiger partial charge is 0.460 e. The zero-order valence-electron chi connectivity index (χ0n) is 14.8. The minimum atomic E-state index is -0.488. The van der Waals surface area contributed by atoms with E-state index >= 15 is 0 Å². The number of anilines is 1. The first kappa shape index (κ1) is 18.8. The summed E-state index contributed by atoms with van der Waals surface area (Å²) in [6.07, 6.45) is 0. The summed E-state index contributed by atoms with van der Waals surface area (Å²) in [4.78, 5) is 25.0. The number of rotatable bonds is 6. The number of aromatic nitrogens is 3. The Bertz CT molecular complexity index is 973. The zero-order chi connectivity index (χ0) is 19.4. The Morgan fingerprint density at radius 2 is 2.00 bits per heavy atom. The Morgan fingerprint density at radius 1 is 1.22 bits per heavy atom. The molecule has 8 nitrogen and oxygen atoms in total. The van der Waals surface area contributed by atoms with Gasteiger partial charge in [-0.3, -0.25) is 9.78 Å². The first-order valence-electron chi connectivity index (χ1n) is 8.09. The predicted molar refractivity (Wildman–Crippen MR) is 100 cm³/mol. The number of nitrogen functional groups attached to an aromatic ring is 1. The van der Waals surface area contributed by atoms with Crippen molar-refractivity contribution in [3.8, 4) is 11.5 Å². The lowest BCUT2D eigenvalue weighted by molar-refractivity contribution is 0.0945. The summed E-state index contributed by atoms with van der Waals surface area (Å²) < 4.78 is 10.6. The summed E-state index contributed by atoms with van der Waals surface area (Å²) in [5.74, 6) is 0.534. The Kier molecular flexibility index (Phi) is 5.68. The number of ether oxygens (including phenoxy) is 1. The summed E-state index contributed by atoms with van der Waals surface area (Å²) in [5, 5.41) is 2.80. The highest BCUT2D eigenvalue weighted by molar-refractivity contribution is 6.35. The lowest BCUT2D eigenvalue weighted by Crippen LogP contribution is -2.25. The van der Waals surface area contributed by atoms with E-state index in [9.17, 15) is 4.79 Å². The van der Waals surface area contributed by atoms with E-state index in [2.05, 4.69) is 20.3 Å². The van der Waals surface area contributed by atoms with Gasteiger partial charge in [-0.25, -0.2) is 9.97 Å². The Hall–Kier alpha value is -2.97. The molecule has 0 aliphatic carbocycles. The van der Waals surface area contributed by atoms with Gasteiger partial charge in [0.1, 0.15) is 16.5 Å². The number of nitrogens with one attached hydrogen (secondary N) is 1. The molecule has 0 saturated carbocycles. The van der Waals surface area contributed by atoms with Crippen LogP contribution in [0.4, 0.5) is 5.95 Å². The van der Waals surface area contributed by atoms with Crippen LogP contribution in [0.5, 0.6) is 0 Å². The molecule has 3 aromatic heterocycles. The molecule has 3 N–H and O–H groups in total. The van der Waals surface area contributed by atoms with Crippen molar-refractivity contribution < 1.29 is 13.9 Å². The highest BCUT2D eigenvalue weighted by atomic mass is 35.5. The summed E-state index contributed by atoms with van der Waals surface area (Å²) >= 11 is 6.33. The van der Waals surface area contributed by atoms with Crippen LogP contribution in [0.3, 0.4) is 0 Å². The van der Waals surface area contributed by atoms with Crippen LogP contribution in [-0.4, -0.2) is 28.0 Å². The van der Waals surface area contributed by atoms with E-state index in [-0.39, 0.29) is 28.9 Å². The number of amides is 1. The molecule has 3 heterocycles. The van der Waals surface area contributed by atoms with Crippen LogP contribution in [0.2, 0.25) is 5.02 Å². The summed E-state index contributed by atoms with van der Waals surface area (Å²) in [6.45, 7) is 2.38. The molecule has 0 aliphatic heterocycles. The molecular formula is C18H18ClN5O3. The number of nitrogens with zero attached hydrogens (tertiary/aromatic N) is 3. The lowest BCUT2D eigenvalue weighted by Gasteiger charge is -2.09. The third-order valence-electron chi connectivity index (χ3n) is 3.64. The zero-order valence-corrected chi connectivity index (χ0v) is 15.6. The predicted octanol–water partition coefficient (Wildman–Crippen LogP) is 2.75. The maximum Gasteiger partial charge on any atom is 0.271 e. The van der Waals surface area contributed by atoms with E-state index in [1.165, 1.54) is 0 Å². The minimum Gasteiger partial charge on any atom is -0.460 e. The number of methoxy groups -OCH3 is 1. The summed E-state index contributed by atoms with van der Waals surface area (Å²) in [6, 6.07) is 8.95. The molecule has 3 rings (SSSR count). The van der Waals surface area contributed by atoms with Gasteiger partial charge in [0.15, 0.2) is 11.5 Å². The normalized spacial score (nSPS) is 10.8. The fourth-order valence-corrected chi connectivity index (χ4v) is 2.71. The molecular weight excluding hydrogens is 370 g/mol. The second-order valence-electron chi connectivity index (χ2n) is 5.74. The molecule has 1 amide bonds. The van der Waals surface area contributed by atoms with Gasteiger partial charge < -0.3 is 20.2 Å². The topological polar surface area (TPSA) is 116 Å². The number of aryl methyl sites for hydroxylation is 1. The quantitative estimate of drug-likeness (QED) is 0.667. The number of pyridine rings is 1. The van der Waals surface area contributed by atoms with Gasteiger partial charge in [-0.05, 0) is 31.2 Å². The molecule has 27 heavy (non-hydrogen) atoms. The molecule has 0 radical (unpaired) electrons. The van der Waals surface area contributed by atoms with Crippen LogP contribution in [0.25, 0.3) is 11.5 Å². The molecule has 0 fully saturated rings. The molecule has 0 aromatic carbocycles. The molecule has 0 spiro atoms. The van der Waals surface area contributed by atoms with E-state index in [0.29, 0.717) is 23.8 Å².